The number of sulfonamides is 1. The molecule has 6 heteroatoms. The summed E-state index contributed by atoms with van der Waals surface area (Å²) < 4.78 is 27.0. The van der Waals surface area contributed by atoms with Crippen LogP contribution < -0.4 is 10.0 Å². The number of halogens is 1. The Morgan fingerprint density at radius 3 is 2.59 bits per heavy atom. The molecule has 0 amide bonds. The van der Waals surface area contributed by atoms with E-state index in [0.717, 1.165) is 19.5 Å². The van der Waals surface area contributed by atoms with E-state index in [4.69, 9.17) is 0 Å². The monoisotopic (exact) mass is 320 g/mol. The molecule has 0 aliphatic heterocycles. The van der Waals surface area contributed by atoms with Gasteiger partial charge in [0.1, 0.15) is 0 Å². The summed E-state index contributed by atoms with van der Waals surface area (Å²) in [6.45, 7) is 4.17. The molecule has 96 valence electrons. The molecule has 0 fully saturated rings. The van der Waals surface area contributed by atoms with Crippen molar-refractivity contribution in [2.24, 2.45) is 0 Å². The molecule has 0 spiro atoms. The zero-order chi connectivity index (χ0) is 12.7. The molecule has 0 unspecified atom stereocenters. The Bertz CT molecular complexity index is 449. The average molecular weight is 321 g/mol. The minimum absolute atomic E-state index is 0.281. The van der Waals surface area contributed by atoms with Gasteiger partial charge in [-0.1, -0.05) is 19.1 Å². The quantitative estimate of drug-likeness (QED) is 0.752. The molecule has 0 aliphatic rings. The lowest BCUT2D eigenvalue weighted by Crippen LogP contribution is -2.27. The van der Waals surface area contributed by atoms with Crippen LogP contribution in [0.4, 0.5) is 0 Å². The van der Waals surface area contributed by atoms with Crippen molar-refractivity contribution in [2.45, 2.75) is 18.2 Å². The van der Waals surface area contributed by atoms with Gasteiger partial charge in [0.25, 0.3) is 0 Å². The summed E-state index contributed by atoms with van der Waals surface area (Å²) in [5.74, 6) is 0. The molecule has 0 saturated heterocycles. The third-order valence-electron chi connectivity index (χ3n) is 2.20. The van der Waals surface area contributed by atoms with Crippen LogP contribution in [0.2, 0.25) is 0 Å². The summed E-state index contributed by atoms with van der Waals surface area (Å²) in [6, 6.07) is 6.79. The van der Waals surface area contributed by atoms with E-state index in [9.17, 15) is 8.42 Å². The van der Waals surface area contributed by atoms with Crippen molar-refractivity contribution in [3.8, 4) is 0 Å². The van der Waals surface area contributed by atoms with E-state index in [1.807, 2.05) is 6.92 Å². The summed E-state index contributed by atoms with van der Waals surface area (Å²) in [5, 5.41) is 3.14. The molecule has 1 aromatic rings. The molecule has 0 bridgehead atoms. The van der Waals surface area contributed by atoms with Gasteiger partial charge in [-0.3, -0.25) is 0 Å². The topological polar surface area (TPSA) is 58.2 Å². The standard InChI is InChI=1S/C11H17BrN2O2S/c1-2-13-8-5-9-14-17(15,16)11-7-4-3-6-10(11)12/h3-4,6-7,13-14H,2,5,8-9H2,1H3. The van der Waals surface area contributed by atoms with Crippen molar-refractivity contribution in [3.05, 3.63) is 28.7 Å². The Balaban J connectivity index is 2.55. The highest BCUT2D eigenvalue weighted by Crippen LogP contribution is 2.20. The molecular formula is C11H17BrN2O2S. The second-order valence-corrected chi connectivity index (χ2v) is 6.13. The van der Waals surface area contributed by atoms with Crippen molar-refractivity contribution in [2.75, 3.05) is 19.6 Å². The molecule has 0 atom stereocenters. The van der Waals surface area contributed by atoms with Crippen LogP contribution >= 0.6 is 15.9 Å². The van der Waals surface area contributed by atoms with E-state index >= 15 is 0 Å². The van der Waals surface area contributed by atoms with Gasteiger partial charge >= 0.3 is 0 Å². The van der Waals surface area contributed by atoms with E-state index < -0.39 is 10.0 Å². The normalized spacial score (nSPS) is 11.6. The van der Waals surface area contributed by atoms with E-state index in [0.29, 0.717) is 11.0 Å². The van der Waals surface area contributed by atoms with Crippen LogP contribution in [0, 0.1) is 0 Å². The predicted octanol–water partition coefficient (Wildman–Crippen LogP) is 1.73. The van der Waals surface area contributed by atoms with E-state index in [-0.39, 0.29) is 4.90 Å². The molecule has 0 heterocycles. The van der Waals surface area contributed by atoms with Gasteiger partial charge in [-0.05, 0) is 47.6 Å². The highest BCUT2D eigenvalue weighted by molar-refractivity contribution is 9.10. The zero-order valence-corrected chi connectivity index (χ0v) is 12.1. The minimum atomic E-state index is -3.40. The SMILES string of the molecule is CCNCCCNS(=O)(=O)c1ccccc1Br. The summed E-state index contributed by atoms with van der Waals surface area (Å²) in [7, 11) is -3.40. The summed E-state index contributed by atoms with van der Waals surface area (Å²) in [5.41, 5.74) is 0. The van der Waals surface area contributed by atoms with Gasteiger partial charge in [0.15, 0.2) is 0 Å². The highest BCUT2D eigenvalue weighted by Gasteiger charge is 2.15. The maximum absolute atomic E-state index is 11.9. The highest BCUT2D eigenvalue weighted by atomic mass is 79.9. The van der Waals surface area contributed by atoms with Crippen molar-refractivity contribution in [1.82, 2.24) is 10.0 Å². The Hall–Kier alpha value is -0.430. The molecule has 4 nitrogen and oxygen atoms in total. The molecule has 1 aromatic carbocycles. The molecule has 0 radical (unpaired) electrons. The van der Waals surface area contributed by atoms with Crippen molar-refractivity contribution < 1.29 is 8.42 Å². The number of nitrogens with one attached hydrogen (secondary N) is 2. The maximum Gasteiger partial charge on any atom is 0.241 e. The minimum Gasteiger partial charge on any atom is -0.317 e. The first kappa shape index (κ1) is 14.6. The van der Waals surface area contributed by atoms with Crippen LogP contribution in [0.15, 0.2) is 33.6 Å². The fourth-order valence-corrected chi connectivity index (χ4v) is 3.41. The van der Waals surface area contributed by atoms with Crippen molar-refractivity contribution in [1.29, 1.82) is 0 Å². The fourth-order valence-electron chi connectivity index (χ4n) is 1.34. The predicted molar refractivity (Wildman–Crippen MR) is 72.5 cm³/mol. The van der Waals surface area contributed by atoms with Crippen LogP contribution in [-0.4, -0.2) is 28.1 Å². The van der Waals surface area contributed by atoms with Gasteiger partial charge in [-0.15, -0.1) is 0 Å². The molecule has 2 N–H and O–H groups in total. The van der Waals surface area contributed by atoms with Gasteiger partial charge < -0.3 is 5.32 Å². The first-order chi connectivity index (χ1) is 8.08. The molecule has 17 heavy (non-hydrogen) atoms. The maximum atomic E-state index is 11.9. The van der Waals surface area contributed by atoms with Crippen LogP contribution in [-0.2, 0) is 10.0 Å². The number of hydrogen-bond donors (Lipinski definition) is 2. The second-order valence-electron chi connectivity index (χ2n) is 3.54. The number of benzene rings is 1. The molecule has 0 saturated carbocycles. The average Bonchev–Trinajstić information content (AvgIpc) is 2.29. The van der Waals surface area contributed by atoms with Crippen molar-refractivity contribution in [3.63, 3.8) is 0 Å². The largest absolute Gasteiger partial charge is 0.317 e. The van der Waals surface area contributed by atoms with Crippen molar-refractivity contribution >= 4 is 26.0 Å². The Kier molecular flexibility index (Phi) is 6.11. The summed E-state index contributed by atoms with van der Waals surface area (Å²) >= 11 is 3.23. The van der Waals surface area contributed by atoms with Crippen LogP contribution in [0.5, 0.6) is 0 Å². The van der Waals surface area contributed by atoms with E-state index in [2.05, 4.69) is 26.0 Å². The van der Waals surface area contributed by atoms with Gasteiger partial charge in [0.05, 0.1) is 4.90 Å². The second kappa shape index (κ2) is 7.10. The zero-order valence-electron chi connectivity index (χ0n) is 9.74. The smallest absolute Gasteiger partial charge is 0.241 e. The van der Waals surface area contributed by atoms with E-state index in [1.54, 1.807) is 24.3 Å². The number of rotatable bonds is 7. The van der Waals surface area contributed by atoms with Gasteiger partial charge in [-0.2, -0.15) is 0 Å². The lowest BCUT2D eigenvalue weighted by atomic mass is 10.4. The van der Waals surface area contributed by atoms with Crippen LogP contribution in [0.3, 0.4) is 0 Å². The van der Waals surface area contributed by atoms with Crippen LogP contribution in [0.25, 0.3) is 0 Å². The first-order valence-electron chi connectivity index (χ1n) is 5.53. The summed E-state index contributed by atoms with van der Waals surface area (Å²) in [4.78, 5) is 0.281. The fraction of sp³-hybridized carbons (Fsp3) is 0.455. The Morgan fingerprint density at radius 1 is 1.24 bits per heavy atom. The third kappa shape index (κ3) is 4.75. The molecule has 0 aromatic heterocycles. The van der Waals surface area contributed by atoms with Gasteiger partial charge in [0.2, 0.25) is 10.0 Å². The summed E-state index contributed by atoms with van der Waals surface area (Å²) in [6.07, 6.45) is 0.775. The molecule has 0 aliphatic carbocycles. The van der Waals surface area contributed by atoms with Gasteiger partial charge in [0, 0.05) is 11.0 Å². The third-order valence-corrected chi connectivity index (χ3v) is 4.67. The first-order valence-corrected chi connectivity index (χ1v) is 7.80. The Morgan fingerprint density at radius 2 is 1.94 bits per heavy atom. The Labute approximate surface area is 111 Å². The van der Waals surface area contributed by atoms with Gasteiger partial charge in [-0.25, -0.2) is 13.1 Å². The van der Waals surface area contributed by atoms with Crippen LogP contribution in [0.1, 0.15) is 13.3 Å². The lowest BCUT2D eigenvalue weighted by Gasteiger charge is -2.08. The van der Waals surface area contributed by atoms with E-state index in [1.165, 1.54) is 0 Å². The lowest BCUT2D eigenvalue weighted by molar-refractivity contribution is 0.575. The number of hydrogen-bond acceptors (Lipinski definition) is 3. The molecule has 1 rings (SSSR count). The molecular weight excluding hydrogens is 304 g/mol.